The van der Waals surface area contributed by atoms with E-state index in [0.29, 0.717) is 17.9 Å². The van der Waals surface area contributed by atoms with Crippen LogP contribution in [0.4, 0.5) is 5.82 Å². The minimum atomic E-state index is 0.604. The number of anilines is 1. The van der Waals surface area contributed by atoms with Crippen LogP contribution in [-0.4, -0.2) is 30.3 Å². The van der Waals surface area contributed by atoms with Gasteiger partial charge in [0.2, 0.25) is 0 Å². The molecule has 0 amide bonds. The first-order valence-electron chi connectivity index (χ1n) is 5.27. The number of nitriles is 1. The Bertz CT molecular complexity index is 408. The van der Waals surface area contributed by atoms with Crippen LogP contribution in [0.25, 0.3) is 0 Å². The molecule has 1 aromatic rings. The molecule has 0 aromatic carbocycles. The second-order valence-corrected chi connectivity index (χ2v) is 3.78. The van der Waals surface area contributed by atoms with Gasteiger partial charge in [-0.05, 0) is 32.4 Å². The Morgan fingerprint density at radius 1 is 1.38 bits per heavy atom. The highest BCUT2D eigenvalue weighted by Gasteiger charge is 2.13. The molecule has 0 saturated carbocycles. The van der Waals surface area contributed by atoms with Crippen LogP contribution >= 0.6 is 0 Å². The van der Waals surface area contributed by atoms with Crippen LogP contribution in [0.3, 0.4) is 0 Å². The van der Waals surface area contributed by atoms with Crippen molar-refractivity contribution in [1.29, 1.82) is 5.26 Å². The molecule has 0 aliphatic carbocycles. The summed E-state index contributed by atoms with van der Waals surface area (Å²) < 4.78 is 0. The maximum atomic E-state index is 9.13. The Hall–Kier alpha value is -1.67. The van der Waals surface area contributed by atoms with E-state index in [9.17, 15) is 0 Å². The first-order valence-corrected chi connectivity index (χ1v) is 5.27. The van der Waals surface area contributed by atoms with Gasteiger partial charge in [-0.2, -0.15) is 10.4 Å². The van der Waals surface area contributed by atoms with E-state index in [1.807, 2.05) is 25.8 Å². The van der Waals surface area contributed by atoms with Gasteiger partial charge in [0, 0.05) is 13.6 Å². The molecule has 86 valence electrons. The summed E-state index contributed by atoms with van der Waals surface area (Å²) in [6.45, 7) is 5.16. The molecule has 0 fully saturated rings. The second-order valence-electron chi connectivity index (χ2n) is 3.78. The Morgan fingerprint density at radius 3 is 2.62 bits per heavy atom. The maximum absolute atomic E-state index is 9.13. The van der Waals surface area contributed by atoms with Gasteiger partial charge in [0.25, 0.3) is 0 Å². The Kier molecular flexibility index (Phi) is 4.20. The lowest BCUT2D eigenvalue weighted by molar-refractivity contribution is 0.772. The molecule has 0 radical (unpaired) electrons. The van der Waals surface area contributed by atoms with Crippen LogP contribution in [0.1, 0.15) is 23.2 Å². The third kappa shape index (κ3) is 2.47. The fraction of sp³-hybridized carbons (Fsp3) is 0.545. The molecule has 2 N–H and O–H groups in total. The molecule has 0 spiro atoms. The first-order chi connectivity index (χ1) is 7.61. The first kappa shape index (κ1) is 12.4. The van der Waals surface area contributed by atoms with Gasteiger partial charge in [-0.25, -0.2) is 0 Å². The molecule has 0 bridgehead atoms. The van der Waals surface area contributed by atoms with Crippen molar-refractivity contribution in [2.24, 2.45) is 5.73 Å². The van der Waals surface area contributed by atoms with Gasteiger partial charge in [0.1, 0.15) is 11.6 Å². The topological polar surface area (TPSA) is 78.8 Å². The van der Waals surface area contributed by atoms with Gasteiger partial charge in [0.15, 0.2) is 5.82 Å². The number of hydrogen-bond donors (Lipinski definition) is 1. The smallest absolute Gasteiger partial charge is 0.169 e. The minimum absolute atomic E-state index is 0.604. The highest BCUT2D eigenvalue weighted by molar-refractivity contribution is 5.56. The van der Waals surface area contributed by atoms with Crippen LogP contribution in [0.15, 0.2) is 0 Å². The lowest BCUT2D eigenvalue weighted by Gasteiger charge is -2.19. The van der Waals surface area contributed by atoms with E-state index in [2.05, 4.69) is 16.3 Å². The normalized spacial score (nSPS) is 9.94. The molecule has 5 nitrogen and oxygen atoms in total. The van der Waals surface area contributed by atoms with Crippen molar-refractivity contribution in [2.45, 2.75) is 20.3 Å². The van der Waals surface area contributed by atoms with E-state index in [1.165, 1.54) is 0 Å². The van der Waals surface area contributed by atoms with Gasteiger partial charge in [-0.3, -0.25) is 0 Å². The van der Waals surface area contributed by atoms with Crippen molar-refractivity contribution in [3.05, 3.63) is 16.8 Å². The lowest BCUT2D eigenvalue weighted by Crippen LogP contribution is -2.24. The minimum Gasteiger partial charge on any atom is -0.357 e. The van der Waals surface area contributed by atoms with Gasteiger partial charge >= 0.3 is 0 Å². The predicted octanol–water partition coefficient (Wildman–Crippen LogP) is 0.750. The standard InChI is InChI=1S/C11H17N5/c1-8-9(2)14-15-11(10(8)7-13)16(3)6-4-5-12/h4-6,12H2,1-3H3. The van der Waals surface area contributed by atoms with Crippen molar-refractivity contribution < 1.29 is 0 Å². The van der Waals surface area contributed by atoms with Crippen molar-refractivity contribution >= 4 is 5.82 Å². The van der Waals surface area contributed by atoms with Crippen molar-refractivity contribution in [1.82, 2.24) is 10.2 Å². The summed E-state index contributed by atoms with van der Waals surface area (Å²) in [7, 11) is 1.90. The molecule has 1 heterocycles. The van der Waals surface area contributed by atoms with Gasteiger partial charge in [0.05, 0.1) is 5.69 Å². The molecule has 0 aliphatic heterocycles. The third-order valence-electron chi connectivity index (χ3n) is 2.61. The predicted molar refractivity (Wildman–Crippen MR) is 63.2 cm³/mol. The van der Waals surface area contributed by atoms with E-state index in [1.54, 1.807) is 0 Å². The van der Waals surface area contributed by atoms with E-state index < -0.39 is 0 Å². The molecule has 5 heteroatoms. The highest BCUT2D eigenvalue weighted by Crippen LogP contribution is 2.19. The fourth-order valence-electron chi connectivity index (χ4n) is 1.43. The zero-order valence-corrected chi connectivity index (χ0v) is 9.99. The molecular formula is C11H17N5. The van der Waals surface area contributed by atoms with Crippen molar-refractivity contribution in [3.63, 3.8) is 0 Å². The molecular weight excluding hydrogens is 202 g/mol. The monoisotopic (exact) mass is 219 g/mol. The van der Waals surface area contributed by atoms with Gasteiger partial charge in [-0.1, -0.05) is 0 Å². The highest BCUT2D eigenvalue weighted by atomic mass is 15.2. The number of hydrogen-bond acceptors (Lipinski definition) is 5. The molecule has 0 unspecified atom stereocenters. The fourth-order valence-corrected chi connectivity index (χ4v) is 1.43. The largest absolute Gasteiger partial charge is 0.357 e. The molecule has 0 saturated heterocycles. The van der Waals surface area contributed by atoms with Gasteiger partial charge < -0.3 is 10.6 Å². The van der Waals surface area contributed by atoms with Crippen LogP contribution in [0.2, 0.25) is 0 Å². The number of nitrogens with zero attached hydrogens (tertiary/aromatic N) is 4. The summed E-state index contributed by atoms with van der Waals surface area (Å²) in [5, 5.41) is 17.2. The summed E-state index contributed by atoms with van der Waals surface area (Å²) in [6, 6.07) is 2.19. The number of aryl methyl sites for hydroxylation is 1. The maximum Gasteiger partial charge on any atom is 0.169 e. The Labute approximate surface area is 95.9 Å². The third-order valence-corrected chi connectivity index (χ3v) is 2.61. The summed E-state index contributed by atoms with van der Waals surface area (Å²) in [4.78, 5) is 1.92. The van der Waals surface area contributed by atoms with Crippen LogP contribution in [0.5, 0.6) is 0 Å². The van der Waals surface area contributed by atoms with E-state index in [-0.39, 0.29) is 0 Å². The zero-order chi connectivity index (χ0) is 12.1. The van der Waals surface area contributed by atoms with Gasteiger partial charge in [-0.15, -0.1) is 5.10 Å². The zero-order valence-electron chi connectivity index (χ0n) is 9.99. The number of aromatic nitrogens is 2. The van der Waals surface area contributed by atoms with E-state index >= 15 is 0 Å². The average molecular weight is 219 g/mol. The summed E-state index contributed by atoms with van der Waals surface area (Å²) in [6.07, 6.45) is 0.871. The Balaban J connectivity index is 3.05. The van der Waals surface area contributed by atoms with Crippen LogP contribution in [-0.2, 0) is 0 Å². The number of rotatable bonds is 4. The van der Waals surface area contributed by atoms with Crippen LogP contribution in [0, 0.1) is 25.2 Å². The summed E-state index contributed by atoms with van der Waals surface area (Å²) in [5.74, 6) is 0.638. The number of nitrogens with two attached hydrogens (primary N) is 1. The molecule has 1 rings (SSSR count). The molecule has 0 atom stereocenters. The van der Waals surface area contributed by atoms with E-state index in [4.69, 9.17) is 11.0 Å². The molecule has 0 aliphatic rings. The SMILES string of the molecule is Cc1nnc(N(C)CCCN)c(C#N)c1C. The van der Waals surface area contributed by atoms with E-state index in [0.717, 1.165) is 24.2 Å². The molecule has 16 heavy (non-hydrogen) atoms. The lowest BCUT2D eigenvalue weighted by atomic mass is 10.1. The Morgan fingerprint density at radius 2 is 2.06 bits per heavy atom. The second kappa shape index (κ2) is 5.42. The van der Waals surface area contributed by atoms with Crippen molar-refractivity contribution in [2.75, 3.05) is 25.0 Å². The average Bonchev–Trinajstić information content (AvgIpc) is 2.29. The summed E-state index contributed by atoms with van der Waals surface area (Å²) in [5.41, 5.74) is 7.75. The summed E-state index contributed by atoms with van der Waals surface area (Å²) >= 11 is 0. The van der Waals surface area contributed by atoms with Crippen molar-refractivity contribution in [3.8, 4) is 6.07 Å². The van der Waals surface area contributed by atoms with Crippen LogP contribution < -0.4 is 10.6 Å². The molecule has 1 aromatic heterocycles. The quantitative estimate of drug-likeness (QED) is 0.808.